The second kappa shape index (κ2) is 6.91. The molecule has 0 saturated carbocycles. The van der Waals surface area contributed by atoms with Gasteiger partial charge in [0.05, 0.1) is 4.92 Å². The van der Waals surface area contributed by atoms with E-state index in [0.717, 1.165) is 16.8 Å². The van der Waals surface area contributed by atoms with E-state index in [9.17, 15) is 14.9 Å². The van der Waals surface area contributed by atoms with Gasteiger partial charge in [0, 0.05) is 17.8 Å². The molecule has 0 saturated heterocycles. The number of hydrogen-bond acceptors (Lipinski definition) is 4. The van der Waals surface area contributed by atoms with Gasteiger partial charge in [0.1, 0.15) is 5.75 Å². The predicted molar refractivity (Wildman–Crippen MR) is 87.9 cm³/mol. The molecule has 1 amide bonds. The van der Waals surface area contributed by atoms with E-state index in [-0.39, 0.29) is 18.2 Å². The Morgan fingerprint density at radius 1 is 1.13 bits per heavy atom. The van der Waals surface area contributed by atoms with E-state index in [1.54, 1.807) is 6.92 Å². The molecule has 1 N–H and O–H groups in total. The van der Waals surface area contributed by atoms with Gasteiger partial charge in [-0.05, 0) is 55.7 Å². The fourth-order valence-electron chi connectivity index (χ4n) is 2.30. The lowest BCUT2D eigenvalue weighted by Crippen LogP contribution is -2.20. The molecular formula is C17H18N2O4. The molecule has 0 aliphatic carbocycles. The van der Waals surface area contributed by atoms with E-state index < -0.39 is 4.92 Å². The quantitative estimate of drug-likeness (QED) is 0.676. The van der Waals surface area contributed by atoms with Gasteiger partial charge in [-0.2, -0.15) is 0 Å². The van der Waals surface area contributed by atoms with Crippen molar-refractivity contribution in [1.82, 2.24) is 0 Å². The summed E-state index contributed by atoms with van der Waals surface area (Å²) in [6, 6.07) is 10.0. The number of aryl methyl sites for hydroxylation is 3. The Bertz CT molecular complexity index is 736. The topological polar surface area (TPSA) is 81.5 Å². The van der Waals surface area contributed by atoms with Crippen molar-refractivity contribution in [2.75, 3.05) is 11.9 Å². The molecule has 0 heterocycles. The van der Waals surface area contributed by atoms with Crippen LogP contribution in [0.15, 0.2) is 36.4 Å². The van der Waals surface area contributed by atoms with Gasteiger partial charge in [0.2, 0.25) is 0 Å². The average Bonchev–Trinajstić information content (AvgIpc) is 2.44. The monoisotopic (exact) mass is 314 g/mol. The standard InChI is InChI=1S/C17H18N2O4/c1-11-6-12(2)8-14(7-11)18-17(20)10-23-16-5-4-15(19(21)22)9-13(16)3/h4-9H,10H2,1-3H3,(H,18,20). The molecule has 2 aromatic rings. The lowest BCUT2D eigenvalue weighted by atomic mass is 10.1. The van der Waals surface area contributed by atoms with Gasteiger partial charge in [-0.15, -0.1) is 0 Å². The largest absolute Gasteiger partial charge is 0.483 e. The SMILES string of the molecule is Cc1cc(C)cc(NC(=O)COc2ccc([N+](=O)[O-])cc2C)c1. The summed E-state index contributed by atoms with van der Waals surface area (Å²) in [5.74, 6) is 0.166. The Kier molecular flexibility index (Phi) is 4.95. The Hall–Kier alpha value is -2.89. The highest BCUT2D eigenvalue weighted by Crippen LogP contribution is 2.23. The van der Waals surface area contributed by atoms with Crippen LogP contribution in [0.5, 0.6) is 5.75 Å². The van der Waals surface area contributed by atoms with E-state index in [4.69, 9.17) is 4.74 Å². The van der Waals surface area contributed by atoms with Crippen LogP contribution in [0.1, 0.15) is 16.7 Å². The summed E-state index contributed by atoms with van der Waals surface area (Å²) >= 11 is 0. The Morgan fingerprint density at radius 3 is 2.35 bits per heavy atom. The maximum absolute atomic E-state index is 12.0. The minimum Gasteiger partial charge on any atom is -0.483 e. The molecule has 23 heavy (non-hydrogen) atoms. The van der Waals surface area contributed by atoms with Crippen molar-refractivity contribution in [1.29, 1.82) is 0 Å². The number of carbonyl (C=O) groups is 1. The highest BCUT2D eigenvalue weighted by Gasteiger charge is 2.10. The third-order valence-corrected chi connectivity index (χ3v) is 3.23. The molecule has 0 atom stereocenters. The number of amides is 1. The summed E-state index contributed by atoms with van der Waals surface area (Å²) in [7, 11) is 0. The molecule has 6 nitrogen and oxygen atoms in total. The third-order valence-electron chi connectivity index (χ3n) is 3.23. The zero-order chi connectivity index (χ0) is 17.0. The van der Waals surface area contributed by atoms with Crippen molar-refractivity contribution in [3.8, 4) is 5.75 Å². The van der Waals surface area contributed by atoms with Crippen LogP contribution in [-0.2, 0) is 4.79 Å². The second-order valence-corrected chi connectivity index (χ2v) is 5.42. The molecule has 0 aliphatic rings. The first kappa shape index (κ1) is 16.5. The van der Waals surface area contributed by atoms with Crippen LogP contribution < -0.4 is 10.1 Å². The van der Waals surface area contributed by atoms with Gasteiger partial charge >= 0.3 is 0 Å². The lowest BCUT2D eigenvalue weighted by Gasteiger charge is -2.10. The van der Waals surface area contributed by atoms with Gasteiger partial charge < -0.3 is 10.1 Å². The van der Waals surface area contributed by atoms with Crippen LogP contribution in [0.25, 0.3) is 0 Å². The Labute approximate surface area is 134 Å². The molecule has 2 aromatic carbocycles. The van der Waals surface area contributed by atoms with Crippen molar-refractivity contribution >= 4 is 17.3 Å². The fraction of sp³-hybridized carbons (Fsp3) is 0.235. The van der Waals surface area contributed by atoms with Crippen LogP contribution in [0, 0.1) is 30.9 Å². The van der Waals surface area contributed by atoms with Gasteiger partial charge in [0.25, 0.3) is 11.6 Å². The average molecular weight is 314 g/mol. The minimum absolute atomic E-state index is 0.00506. The molecule has 0 bridgehead atoms. The first-order chi connectivity index (χ1) is 10.8. The fourth-order valence-corrected chi connectivity index (χ4v) is 2.30. The predicted octanol–water partition coefficient (Wildman–Crippen LogP) is 3.54. The number of anilines is 1. The third kappa shape index (κ3) is 4.54. The number of benzene rings is 2. The van der Waals surface area contributed by atoms with Crippen molar-refractivity contribution < 1.29 is 14.5 Å². The lowest BCUT2D eigenvalue weighted by molar-refractivity contribution is -0.384. The first-order valence-corrected chi connectivity index (χ1v) is 7.11. The smallest absolute Gasteiger partial charge is 0.269 e. The number of ether oxygens (including phenoxy) is 1. The van der Waals surface area contributed by atoms with Crippen molar-refractivity contribution in [2.45, 2.75) is 20.8 Å². The second-order valence-electron chi connectivity index (χ2n) is 5.42. The number of carbonyl (C=O) groups excluding carboxylic acids is 1. The summed E-state index contributed by atoms with van der Waals surface area (Å²) in [4.78, 5) is 22.2. The summed E-state index contributed by atoms with van der Waals surface area (Å²) < 4.78 is 5.43. The minimum atomic E-state index is -0.469. The highest BCUT2D eigenvalue weighted by molar-refractivity contribution is 5.92. The number of rotatable bonds is 5. The van der Waals surface area contributed by atoms with Gasteiger partial charge in [0.15, 0.2) is 6.61 Å². The first-order valence-electron chi connectivity index (χ1n) is 7.11. The van der Waals surface area contributed by atoms with Gasteiger partial charge in [-0.1, -0.05) is 6.07 Å². The highest BCUT2D eigenvalue weighted by atomic mass is 16.6. The maximum Gasteiger partial charge on any atom is 0.269 e. The van der Waals surface area contributed by atoms with Crippen LogP contribution >= 0.6 is 0 Å². The molecule has 0 aromatic heterocycles. The normalized spacial score (nSPS) is 10.2. The van der Waals surface area contributed by atoms with Crippen molar-refractivity contribution in [2.24, 2.45) is 0 Å². The zero-order valence-corrected chi connectivity index (χ0v) is 13.3. The summed E-state index contributed by atoms with van der Waals surface area (Å²) in [5, 5.41) is 13.5. The molecular weight excluding hydrogens is 296 g/mol. The van der Waals surface area contributed by atoms with E-state index in [2.05, 4.69) is 5.32 Å². The summed E-state index contributed by atoms with van der Waals surface area (Å²) in [6.07, 6.45) is 0. The Balaban J connectivity index is 1.98. The molecule has 0 aliphatic heterocycles. The van der Waals surface area contributed by atoms with Crippen LogP contribution in [0.3, 0.4) is 0 Å². The Morgan fingerprint density at radius 2 is 1.78 bits per heavy atom. The van der Waals surface area contributed by atoms with Crippen molar-refractivity contribution in [3.63, 3.8) is 0 Å². The van der Waals surface area contributed by atoms with E-state index in [1.165, 1.54) is 18.2 Å². The molecule has 2 rings (SSSR count). The molecule has 0 unspecified atom stereocenters. The zero-order valence-electron chi connectivity index (χ0n) is 13.3. The molecule has 0 spiro atoms. The van der Waals surface area contributed by atoms with E-state index in [0.29, 0.717) is 11.3 Å². The van der Waals surface area contributed by atoms with Gasteiger partial charge in [-0.3, -0.25) is 14.9 Å². The number of nitro benzene ring substituents is 1. The number of nitrogens with zero attached hydrogens (tertiary/aromatic N) is 1. The van der Waals surface area contributed by atoms with Crippen LogP contribution in [0.4, 0.5) is 11.4 Å². The number of hydrogen-bond donors (Lipinski definition) is 1. The molecule has 6 heteroatoms. The van der Waals surface area contributed by atoms with Gasteiger partial charge in [-0.25, -0.2) is 0 Å². The summed E-state index contributed by atoms with van der Waals surface area (Å²) in [5.41, 5.74) is 3.45. The van der Waals surface area contributed by atoms with E-state index >= 15 is 0 Å². The molecule has 0 radical (unpaired) electrons. The summed E-state index contributed by atoms with van der Waals surface area (Å²) in [6.45, 7) is 5.45. The van der Waals surface area contributed by atoms with Crippen LogP contribution in [-0.4, -0.2) is 17.4 Å². The van der Waals surface area contributed by atoms with Crippen molar-refractivity contribution in [3.05, 3.63) is 63.2 Å². The number of nitro groups is 1. The molecule has 120 valence electrons. The molecule has 0 fully saturated rings. The maximum atomic E-state index is 12.0. The number of non-ortho nitro benzene ring substituents is 1. The van der Waals surface area contributed by atoms with E-state index in [1.807, 2.05) is 32.0 Å². The number of nitrogens with one attached hydrogen (secondary N) is 1. The van der Waals surface area contributed by atoms with Crippen LogP contribution in [0.2, 0.25) is 0 Å².